The summed E-state index contributed by atoms with van der Waals surface area (Å²) in [6, 6.07) is 6.84. The van der Waals surface area contributed by atoms with Crippen LogP contribution < -0.4 is 10.2 Å². The second-order valence-electron chi connectivity index (χ2n) is 7.03. The maximum Gasteiger partial charge on any atom is 0.247 e. The van der Waals surface area contributed by atoms with Gasteiger partial charge in [0.15, 0.2) is 5.81 Å². The van der Waals surface area contributed by atoms with Crippen LogP contribution in [0.15, 0.2) is 24.3 Å². The highest BCUT2D eigenvalue weighted by Crippen LogP contribution is 2.35. The zero-order chi connectivity index (χ0) is 19.8. The van der Waals surface area contributed by atoms with Crippen molar-refractivity contribution < 1.29 is 14.4 Å². The monoisotopic (exact) mass is 388 g/mol. The van der Waals surface area contributed by atoms with Gasteiger partial charge >= 0.3 is 0 Å². The van der Waals surface area contributed by atoms with Gasteiger partial charge in [-0.1, -0.05) is 39.5 Å². The van der Waals surface area contributed by atoms with Gasteiger partial charge in [0.2, 0.25) is 19.7 Å². The molecule has 3 amide bonds. The Labute approximate surface area is 167 Å². The number of carbonyl (C=O) groups excluding carboxylic acids is 3. The molecule has 7 heteroatoms. The number of benzene rings is 1. The van der Waals surface area contributed by atoms with Crippen LogP contribution >= 0.6 is 11.8 Å². The highest BCUT2D eigenvalue weighted by atomic mass is 32.2. The second kappa shape index (κ2) is 10.5. The number of imide groups is 1. The summed E-state index contributed by atoms with van der Waals surface area (Å²) >= 11 is 1.68. The van der Waals surface area contributed by atoms with Crippen LogP contribution in [0.4, 0.5) is 16.2 Å². The molecule has 1 saturated heterocycles. The molecule has 146 valence electrons. The SMILES string of the molecule is BC(=O)Nc1ccc(N2C(=O)CC(SC(CCC)CCCCC)C2=O)cc1. The van der Waals surface area contributed by atoms with Crippen molar-refractivity contribution in [2.75, 3.05) is 10.2 Å². The van der Waals surface area contributed by atoms with Gasteiger partial charge in [0, 0.05) is 17.4 Å². The molecule has 2 unspecified atom stereocenters. The molecule has 1 fully saturated rings. The summed E-state index contributed by atoms with van der Waals surface area (Å²) in [5.41, 5.74) is 1.22. The van der Waals surface area contributed by atoms with E-state index in [0.29, 0.717) is 16.6 Å². The van der Waals surface area contributed by atoms with Crippen LogP contribution in [0.3, 0.4) is 0 Å². The Morgan fingerprint density at radius 2 is 1.89 bits per heavy atom. The van der Waals surface area contributed by atoms with Crippen LogP contribution in [-0.2, 0) is 9.59 Å². The molecule has 0 bridgehead atoms. The first-order chi connectivity index (χ1) is 13.0. The summed E-state index contributed by atoms with van der Waals surface area (Å²) in [7, 11) is 1.44. The zero-order valence-corrected chi connectivity index (χ0v) is 17.3. The lowest BCUT2D eigenvalue weighted by Gasteiger charge is -2.20. The van der Waals surface area contributed by atoms with Crippen molar-refractivity contribution in [2.24, 2.45) is 0 Å². The molecule has 1 N–H and O–H groups in total. The van der Waals surface area contributed by atoms with E-state index in [0.717, 1.165) is 19.3 Å². The summed E-state index contributed by atoms with van der Waals surface area (Å²) in [6.45, 7) is 4.36. The Bertz CT molecular complexity index is 666. The van der Waals surface area contributed by atoms with Gasteiger partial charge in [-0.3, -0.25) is 14.4 Å². The van der Waals surface area contributed by atoms with Crippen LogP contribution in [-0.4, -0.2) is 36.0 Å². The molecule has 1 aromatic carbocycles. The zero-order valence-electron chi connectivity index (χ0n) is 16.5. The topological polar surface area (TPSA) is 66.5 Å². The molecule has 0 aromatic heterocycles. The van der Waals surface area contributed by atoms with Gasteiger partial charge in [0.25, 0.3) is 0 Å². The van der Waals surface area contributed by atoms with Crippen molar-refractivity contribution in [2.45, 2.75) is 69.3 Å². The quantitative estimate of drug-likeness (QED) is 0.374. The molecule has 0 radical (unpaired) electrons. The number of nitrogens with one attached hydrogen (secondary N) is 1. The molecule has 1 heterocycles. The lowest BCUT2D eigenvalue weighted by atomic mass is 10.1. The van der Waals surface area contributed by atoms with Crippen molar-refractivity contribution in [1.29, 1.82) is 0 Å². The third-order valence-electron chi connectivity index (χ3n) is 4.65. The van der Waals surface area contributed by atoms with E-state index in [1.54, 1.807) is 36.0 Å². The molecule has 1 aromatic rings. The van der Waals surface area contributed by atoms with E-state index in [1.807, 2.05) is 0 Å². The smallest absolute Gasteiger partial charge is 0.247 e. The van der Waals surface area contributed by atoms with Crippen molar-refractivity contribution in [3.8, 4) is 0 Å². The van der Waals surface area contributed by atoms with E-state index in [1.165, 1.54) is 32.0 Å². The van der Waals surface area contributed by atoms with Gasteiger partial charge in [0.1, 0.15) is 0 Å². The third-order valence-corrected chi connectivity index (χ3v) is 6.20. The number of amides is 3. The van der Waals surface area contributed by atoms with Gasteiger partial charge in [-0.15, -0.1) is 11.8 Å². The first kappa shape index (κ1) is 21.5. The molecule has 1 aliphatic rings. The van der Waals surface area contributed by atoms with Crippen LogP contribution in [0, 0.1) is 0 Å². The second-order valence-corrected chi connectivity index (χ2v) is 8.54. The summed E-state index contributed by atoms with van der Waals surface area (Å²) in [5.74, 6) is -0.417. The summed E-state index contributed by atoms with van der Waals surface area (Å²) in [5, 5.41) is 2.84. The number of thioether (sulfide) groups is 1. The van der Waals surface area contributed by atoms with Gasteiger partial charge in [-0.25, -0.2) is 4.90 Å². The average molecular weight is 388 g/mol. The maximum atomic E-state index is 12.9. The first-order valence-corrected chi connectivity index (χ1v) is 10.8. The Morgan fingerprint density at radius 1 is 1.19 bits per heavy atom. The minimum absolute atomic E-state index is 0.117. The number of nitrogens with zero attached hydrogens (tertiary/aromatic N) is 1. The van der Waals surface area contributed by atoms with Crippen LogP contribution in [0.2, 0.25) is 0 Å². The highest BCUT2D eigenvalue weighted by Gasteiger charge is 2.40. The number of hydrogen-bond donors (Lipinski definition) is 1. The molecular weight excluding hydrogens is 359 g/mol. The molecule has 27 heavy (non-hydrogen) atoms. The van der Waals surface area contributed by atoms with Crippen molar-refractivity contribution in [1.82, 2.24) is 0 Å². The van der Waals surface area contributed by atoms with Crippen LogP contribution in [0.5, 0.6) is 0 Å². The molecule has 0 aliphatic carbocycles. The van der Waals surface area contributed by atoms with E-state index in [-0.39, 0.29) is 29.3 Å². The predicted molar refractivity (Wildman–Crippen MR) is 115 cm³/mol. The molecule has 2 atom stereocenters. The van der Waals surface area contributed by atoms with Crippen molar-refractivity contribution >= 4 is 48.6 Å². The Balaban J connectivity index is 2.03. The Kier molecular flexibility index (Phi) is 8.41. The number of carbonyl (C=O) groups is 3. The Morgan fingerprint density at radius 3 is 2.48 bits per heavy atom. The van der Waals surface area contributed by atoms with Gasteiger partial charge in [0.05, 0.1) is 10.9 Å². The fourth-order valence-corrected chi connectivity index (χ4v) is 4.94. The average Bonchev–Trinajstić information content (AvgIpc) is 2.89. The van der Waals surface area contributed by atoms with Crippen molar-refractivity contribution in [3.63, 3.8) is 0 Å². The number of rotatable bonds is 10. The normalized spacial score (nSPS) is 18.0. The van der Waals surface area contributed by atoms with Crippen LogP contribution in [0.1, 0.15) is 58.8 Å². The molecule has 0 saturated carbocycles. The maximum absolute atomic E-state index is 12.9. The van der Waals surface area contributed by atoms with Gasteiger partial charge < -0.3 is 5.32 Å². The largest absolute Gasteiger partial charge is 0.335 e. The molecule has 0 spiro atoms. The predicted octanol–water partition coefficient (Wildman–Crippen LogP) is 3.97. The van der Waals surface area contributed by atoms with Crippen molar-refractivity contribution in [3.05, 3.63) is 24.3 Å². The van der Waals surface area contributed by atoms with E-state index < -0.39 is 0 Å². The fourth-order valence-electron chi connectivity index (χ4n) is 3.34. The lowest BCUT2D eigenvalue weighted by molar-refractivity contribution is -0.121. The molecule has 2 rings (SSSR count). The minimum atomic E-state index is -0.286. The summed E-state index contributed by atoms with van der Waals surface area (Å²) in [4.78, 5) is 37.8. The standard InChI is InChI=1S/C20H29BN2O3S/c1-3-5-6-8-16(7-4-2)27-17-13-18(24)23(19(17)25)15-11-9-14(10-12-15)22-20(21)26/h9-12,16-17H,3-8,13,21H2,1-2H3,(H,22,26). The molecular formula is C20H29BN2O3S. The fraction of sp³-hybridized carbons (Fsp3) is 0.550. The minimum Gasteiger partial charge on any atom is -0.335 e. The lowest BCUT2D eigenvalue weighted by Crippen LogP contribution is -2.31. The summed E-state index contributed by atoms with van der Waals surface area (Å²) < 4.78 is 0. The molecule has 5 nitrogen and oxygen atoms in total. The molecule has 1 aliphatic heterocycles. The van der Waals surface area contributed by atoms with Crippen LogP contribution in [0.25, 0.3) is 0 Å². The number of unbranched alkanes of at least 4 members (excludes halogenated alkanes) is 2. The highest BCUT2D eigenvalue weighted by molar-refractivity contribution is 8.01. The van der Waals surface area contributed by atoms with E-state index in [9.17, 15) is 14.4 Å². The number of anilines is 2. The first-order valence-electron chi connectivity index (χ1n) is 9.86. The van der Waals surface area contributed by atoms with E-state index in [2.05, 4.69) is 19.2 Å². The van der Waals surface area contributed by atoms with Gasteiger partial charge in [-0.2, -0.15) is 0 Å². The van der Waals surface area contributed by atoms with E-state index in [4.69, 9.17) is 0 Å². The number of hydrogen-bond acceptors (Lipinski definition) is 4. The Hall–Kier alpha value is -1.76. The van der Waals surface area contributed by atoms with E-state index >= 15 is 0 Å². The van der Waals surface area contributed by atoms with Gasteiger partial charge in [-0.05, 0) is 37.1 Å². The summed E-state index contributed by atoms with van der Waals surface area (Å²) in [6.07, 6.45) is 7.13. The third kappa shape index (κ3) is 6.13.